The first-order chi connectivity index (χ1) is 13.6. The van der Waals surface area contributed by atoms with Gasteiger partial charge in [-0.1, -0.05) is 60.7 Å². The van der Waals surface area contributed by atoms with Crippen LogP contribution in [0.5, 0.6) is 0 Å². The van der Waals surface area contributed by atoms with Crippen LogP contribution in [-0.4, -0.2) is 20.5 Å². The third kappa shape index (κ3) is 3.81. The Hall–Kier alpha value is -3.41. The monoisotopic (exact) mass is 373 g/mol. The van der Waals surface area contributed by atoms with E-state index in [2.05, 4.69) is 57.1 Å². The molecule has 0 radical (unpaired) electrons. The van der Waals surface area contributed by atoms with E-state index in [1.165, 1.54) is 24.1 Å². The molecule has 2 atom stereocenters. The number of benzene rings is 2. The summed E-state index contributed by atoms with van der Waals surface area (Å²) < 4.78 is 1.93. The first kappa shape index (κ1) is 18.0. The lowest BCUT2D eigenvalue weighted by Gasteiger charge is -2.31. The number of aromatic nitrogens is 3. The van der Waals surface area contributed by atoms with E-state index in [0.29, 0.717) is 17.6 Å². The molecule has 2 aromatic carbocycles. The number of carbonyl (C=O) groups is 1. The minimum atomic E-state index is -0.0154. The third-order valence-corrected chi connectivity index (χ3v) is 4.80. The predicted molar refractivity (Wildman–Crippen MR) is 110 cm³/mol. The van der Waals surface area contributed by atoms with Crippen LogP contribution in [-0.2, 0) is 4.79 Å². The summed E-state index contributed by atoms with van der Waals surface area (Å²) in [5.41, 5.74) is 3.13. The first-order valence-electron chi connectivity index (χ1n) is 9.39. The summed E-state index contributed by atoms with van der Waals surface area (Å²) in [5.74, 6) is 1.18. The van der Waals surface area contributed by atoms with Crippen molar-refractivity contribution in [3.63, 3.8) is 0 Å². The van der Waals surface area contributed by atoms with Crippen LogP contribution in [0.4, 0.5) is 11.9 Å². The number of rotatable bonds is 5. The highest BCUT2D eigenvalue weighted by atomic mass is 16.1. The van der Waals surface area contributed by atoms with Gasteiger partial charge in [0.05, 0.1) is 12.1 Å². The van der Waals surface area contributed by atoms with Crippen molar-refractivity contribution in [1.29, 1.82) is 0 Å². The van der Waals surface area contributed by atoms with Gasteiger partial charge in [-0.3, -0.25) is 4.79 Å². The maximum absolute atomic E-state index is 11.3. The zero-order chi connectivity index (χ0) is 19.5. The molecule has 1 aliphatic heterocycles. The lowest BCUT2D eigenvalue weighted by atomic mass is 9.93. The average Bonchev–Trinajstić information content (AvgIpc) is 3.10. The van der Waals surface area contributed by atoms with Gasteiger partial charge >= 0.3 is 0 Å². The van der Waals surface area contributed by atoms with E-state index in [-0.39, 0.29) is 17.9 Å². The molecule has 0 saturated carbocycles. The van der Waals surface area contributed by atoms with Crippen molar-refractivity contribution in [2.75, 3.05) is 10.6 Å². The molecule has 0 aliphatic carbocycles. The van der Waals surface area contributed by atoms with Crippen molar-refractivity contribution in [2.24, 2.45) is 0 Å². The molecule has 6 nitrogen and oxygen atoms in total. The molecule has 142 valence electrons. The summed E-state index contributed by atoms with van der Waals surface area (Å²) >= 11 is 0. The van der Waals surface area contributed by atoms with Crippen molar-refractivity contribution < 1.29 is 4.79 Å². The van der Waals surface area contributed by atoms with E-state index < -0.39 is 0 Å². The molecule has 3 aromatic rings. The van der Waals surface area contributed by atoms with Gasteiger partial charge in [0.25, 0.3) is 0 Å². The molecule has 4 rings (SSSR count). The van der Waals surface area contributed by atoms with Crippen LogP contribution in [0.25, 0.3) is 0 Å². The van der Waals surface area contributed by atoms with E-state index in [0.717, 1.165) is 6.42 Å². The number of nitrogens with zero attached hydrogens (tertiary/aromatic N) is 3. The molecule has 1 aromatic heterocycles. The highest BCUT2D eigenvalue weighted by molar-refractivity contribution is 5.88. The molecule has 0 bridgehead atoms. The second-order valence-corrected chi connectivity index (χ2v) is 7.04. The minimum absolute atomic E-state index is 0.0154. The van der Waals surface area contributed by atoms with Gasteiger partial charge in [0.2, 0.25) is 11.9 Å². The Bertz CT molecular complexity index is 994. The summed E-state index contributed by atoms with van der Waals surface area (Å²) in [6.45, 7) is 3.35. The van der Waals surface area contributed by atoms with Crippen LogP contribution in [0.15, 0.2) is 72.4 Å². The summed E-state index contributed by atoms with van der Waals surface area (Å²) in [5, 5.41) is 11.3. The Balaban J connectivity index is 1.70. The van der Waals surface area contributed by atoms with E-state index in [1.54, 1.807) is 0 Å². The highest BCUT2D eigenvalue weighted by Crippen LogP contribution is 2.38. The van der Waals surface area contributed by atoms with Crippen LogP contribution in [0, 0.1) is 0 Å². The fourth-order valence-electron chi connectivity index (χ4n) is 3.60. The molecule has 0 amide bonds. The molecule has 2 heterocycles. The van der Waals surface area contributed by atoms with Crippen LogP contribution >= 0.6 is 0 Å². The summed E-state index contributed by atoms with van der Waals surface area (Å²) in [4.78, 5) is 15.9. The van der Waals surface area contributed by atoms with Crippen LogP contribution in [0.3, 0.4) is 0 Å². The molecule has 0 spiro atoms. The smallest absolute Gasteiger partial charge is 0.248 e. The molecule has 28 heavy (non-hydrogen) atoms. The number of nitrogens with one attached hydrogen (secondary N) is 2. The van der Waals surface area contributed by atoms with Crippen LogP contribution in [0.2, 0.25) is 0 Å². The maximum atomic E-state index is 11.3. The Kier molecular flexibility index (Phi) is 4.93. The zero-order valence-electron chi connectivity index (χ0n) is 16.0. The lowest BCUT2D eigenvalue weighted by molar-refractivity contribution is -0.112. The fourth-order valence-corrected chi connectivity index (χ4v) is 3.60. The Morgan fingerprint density at radius 2 is 1.71 bits per heavy atom. The Morgan fingerprint density at radius 1 is 1.07 bits per heavy atom. The van der Waals surface area contributed by atoms with E-state index in [9.17, 15) is 4.79 Å². The second-order valence-electron chi connectivity index (χ2n) is 7.04. The number of ketones is 1. The summed E-state index contributed by atoms with van der Waals surface area (Å²) in [7, 11) is 0. The number of hydrogen-bond acceptors (Lipinski definition) is 5. The average molecular weight is 373 g/mol. The summed E-state index contributed by atoms with van der Waals surface area (Å²) in [6, 6.07) is 21.0. The van der Waals surface area contributed by atoms with Gasteiger partial charge in [0.1, 0.15) is 0 Å². The van der Waals surface area contributed by atoms with Crippen molar-refractivity contribution in [3.05, 3.63) is 83.6 Å². The van der Waals surface area contributed by atoms with Crippen LogP contribution < -0.4 is 10.6 Å². The molecular weight excluding hydrogens is 350 g/mol. The predicted octanol–water partition coefficient (Wildman–Crippen LogP) is 4.33. The van der Waals surface area contributed by atoms with Gasteiger partial charge < -0.3 is 10.6 Å². The quantitative estimate of drug-likeness (QED) is 0.652. The minimum Gasteiger partial charge on any atom is -0.347 e. The number of fused-ring (bicyclic) bond motifs is 1. The zero-order valence-corrected chi connectivity index (χ0v) is 16.0. The first-order valence-corrected chi connectivity index (χ1v) is 9.39. The Labute approximate surface area is 164 Å². The maximum Gasteiger partial charge on any atom is 0.248 e. The molecule has 6 heteroatoms. The number of anilines is 2. The Morgan fingerprint density at radius 3 is 2.36 bits per heavy atom. The number of allylic oxidation sites excluding steroid dienone is 2. The standard InChI is InChI=1S/C22H23N5O/c1-15(13-16(2)28)23-21-25-22-24-19(17-9-5-3-6-10-17)14-20(27(22)26-21)18-11-7-4-8-12-18/h3-13,19-20H,14H2,1-2H3,(H2,23,24,25,26)/b15-13+. The molecule has 1 aliphatic rings. The molecule has 0 saturated heterocycles. The van der Waals surface area contributed by atoms with Gasteiger partial charge in [-0.25, -0.2) is 4.68 Å². The van der Waals surface area contributed by atoms with Crippen molar-refractivity contribution in [3.8, 4) is 0 Å². The number of hydrogen-bond donors (Lipinski definition) is 2. The highest BCUT2D eigenvalue weighted by Gasteiger charge is 2.31. The van der Waals surface area contributed by atoms with Crippen molar-refractivity contribution in [1.82, 2.24) is 14.8 Å². The van der Waals surface area contributed by atoms with Gasteiger partial charge in [0.15, 0.2) is 5.78 Å². The van der Waals surface area contributed by atoms with E-state index in [4.69, 9.17) is 0 Å². The van der Waals surface area contributed by atoms with Gasteiger partial charge in [-0.05, 0) is 37.5 Å². The van der Waals surface area contributed by atoms with Gasteiger partial charge in [0, 0.05) is 5.70 Å². The second kappa shape index (κ2) is 7.68. The topological polar surface area (TPSA) is 71.8 Å². The van der Waals surface area contributed by atoms with Crippen molar-refractivity contribution >= 4 is 17.7 Å². The number of carbonyl (C=O) groups excluding carboxylic acids is 1. The molecule has 2 N–H and O–H groups in total. The van der Waals surface area contributed by atoms with Gasteiger partial charge in [-0.15, -0.1) is 5.10 Å². The third-order valence-electron chi connectivity index (χ3n) is 4.80. The molecule has 2 unspecified atom stereocenters. The van der Waals surface area contributed by atoms with E-state index in [1.807, 2.05) is 35.9 Å². The van der Waals surface area contributed by atoms with Gasteiger partial charge in [-0.2, -0.15) is 4.98 Å². The normalized spacial score (nSPS) is 18.9. The molecule has 0 fully saturated rings. The summed E-state index contributed by atoms with van der Waals surface area (Å²) in [6.07, 6.45) is 2.40. The SMILES string of the molecule is CC(=O)/C=C(\C)Nc1nc2n(n1)C(c1ccccc1)CC(c1ccccc1)N2. The lowest BCUT2D eigenvalue weighted by Crippen LogP contribution is -2.28. The largest absolute Gasteiger partial charge is 0.347 e. The van der Waals surface area contributed by atoms with E-state index >= 15 is 0 Å². The molecular formula is C22H23N5O. The van der Waals surface area contributed by atoms with Crippen LogP contribution in [0.1, 0.15) is 43.5 Å². The van der Waals surface area contributed by atoms with Crippen molar-refractivity contribution in [2.45, 2.75) is 32.4 Å². The fraction of sp³-hybridized carbons (Fsp3) is 0.227.